The van der Waals surface area contributed by atoms with E-state index in [2.05, 4.69) is 9.88 Å². The van der Waals surface area contributed by atoms with E-state index in [0.29, 0.717) is 12.5 Å². The molecular weight excluding hydrogens is 278 g/mol. The monoisotopic (exact) mass is 290 g/mol. The molecule has 1 aromatic carbocycles. The minimum Gasteiger partial charge on any atom is -0.391 e. The minimum atomic E-state index is -3.89. The summed E-state index contributed by atoms with van der Waals surface area (Å²) in [6, 6.07) is 2.40. The Morgan fingerprint density at radius 1 is 1.42 bits per heavy atom. The molecule has 0 bridgehead atoms. The molecule has 0 amide bonds. The second-order valence-corrected chi connectivity index (χ2v) is 5.95. The Kier molecular flexibility index (Phi) is 3.81. The Morgan fingerprint density at radius 2 is 2.16 bits per heavy atom. The van der Waals surface area contributed by atoms with Crippen LogP contribution >= 0.6 is 0 Å². The van der Waals surface area contributed by atoms with Crippen LogP contribution in [0.2, 0.25) is 0 Å². The summed E-state index contributed by atoms with van der Waals surface area (Å²) in [5.74, 6) is -2.30. The third-order valence-electron chi connectivity index (χ3n) is 2.58. The summed E-state index contributed by atoms with van der Waals surface area (Å²) < 4.78 is 51.7. The van der Waals surface area contributed by atoms with E-state index in [9.17, 15) is 17.2 Å². The van der Waals surface area contributed by atoms with E-state index in [1.54, 1.807) is 6.92 Å². The lowest BCUT2D eigenvalue weighted by Crippen LogP contribution is -2.32. The van der Waals surface area contributed by atoms with Gasteiger partial charge >= 0.3 is 0 Å². The van der Waals surface area contributed by atoms with Gasteiger partial charge < -0.3 is 4.84 Å². The summed E-state index contributed by atoms with van der Waals surface area (Å²) in [5, 5.41) is 3.69. The Bertz CT molecular complexity index is 616. The fourth-order valence-electron chi connectivity index (χ4n) is 1.61. The number of nitrogens with one attached hydrogen (secondary N) is 1. The quantitative estimate of drug-likeness (QED) is 0.911. The van der Waals surface area contributed by atoms with Crippen molar-refractivity contribution in [2.45, 2.75) is 24.3 Å². The van der Waals surface area contributed by atoms with Crippen molar-refractivity contribution in [1.82, 2.24) is 4.72 Å². The Morgan fingerprint density at radius 3 is 2.74 bits per heavy atom. The highest BCUT2D eigenvalue weighted by Crippen LogP contribution is 2.15. The van der Waals surface area contributed by atoms with Crippen LogP contribution < -0.4 is 4.72 Å². The fraction of sp³-hybridized carbons (Fsp3) is 0.364. The van der Waals surface area contributed by atoms with Crippen molar-refractivity contribution in [1.29, 1.82) is 0 Å². The van der Waals surface area contributed by atoms with Crippen LogP contribution in [0.25, 0.3) is 0 Å². The van der Waals surface area contributed by atoms with Gasteiger partial charge in [-0.05, 0) is 25.1 Å². The number of nitrogens with zero attached hydrogens (tertiary/aromatic N) is 1. The maximum Gasteiger partial charge on any atom is 0.240 e. The molecule has 0 fully saturated rings. The molecule has 5 nitrogen and oxygen atoms in total. The first kappa shape index (κ1) is 13.9. The second-order valence-electron chi connectivity index (χ2n) is 4.19. The molecule has 0 aliphatic carbocycles. The number of benzene rings is 1. The maximum atomic E-state index is 13.0. The van der Waals surface area contributed by atoms with Gasteiger partial charge in [0.1, 0.15) is 6.10 Å². The van der Waals surface area contributed by atoms with E-state index in [-0.39, 0.29) is 17.5 Å². The van der Waals surface area contributed by atoms with Crippen molar-refractivity contribution in [2.24, 2.45) is 5.16 Å². The molecule has 0 saturated carbocycles. The van der Waals surface area contributed by atoms with Crippen LogP contribution in [-0.2, 0) is 14.9 Å². The molecule has 1 heterocycles. The molecule has 19 heavy (non-hydrogen) atoms. The van der Waals surface area contributed by atoms with Crippen LogP contribution in [0.15, 0.2) is 28.3 Å². The van der Waals surface area contributed by atoms with Gasteiger partial charge in [-0.3, -0.25) is 0 Å². The van der Waals surface area contributed by atoms with Gasteiger partial charge in [-0.25, -0.2) is 21.9 Å². The largest absolute Gasteiger partial charge is 0.391 e. The Hall–Kier alpha value is -1.54. The molecule has 0 radical (unpaired) electrons. The number of sulfonamides is 1. The predicted octanol–water partition coefficient (Wildman–Crippen LogP) is 1.41. The molecule has 0 aromatic heterocycles. The summed E-state index contributed by atoms with van der Waals surface area (Å²) in [4.78, 5) is 4.63. The lowest BCUT2D eigenvalue weighted by Gasteiger charge is -2.10. The van der Waals surface area contributed by atoms with Gasteiger partial charge in [0.25, 0.3) is 0 Å². The maximum absolute atomic E-state index is 13.0. The van der Waals surface area contributed by atoms with E-state index >= 15 is 0 Å². The van der Waals surface area contributed by atoms with Crippen molar-refractivity contribution in [3.05, 3.63) is 29.8 Å². The highest BCUT2D eigenvalue weighted by molar-refractivity contribution is 7.89. The number of halogens is 2. The summed E-state index contributed by atoms with van der Waals surface area (Å²) in [5.41, 5.74) is 0.775. The first-order valence-corrected chi connectivity index (χ1v) is 7.01. The molecule has 104 valence electrons. The highest BCUT2D eigenvalue weighted by atomic mass is 32.2. The van der Waals surface area contributed by atoms with Crippen molar-refractivity contribution in [3.8, 4) is 0 Å². The van der Waals surface area contributed by atoms with Gasteiger partial charge in [0, 0.05) is 6.42 Å². The Balaban J connectivity index is 2.04. The van der Waals surface area contributed by atoms with Crippen LogP contribution in [0.1, 0.15) is 13.3 Å². The van der Waals surface area contributed by atoms with E-state index in [1.165, 1.54) is 0 Å². The first-order valence-electron chi connectivity index (χ1n) is 5.52. The van der Waals surface area contributed by atoms with E-state index < -0.39 is 21.7 Å². The first-order chi connectivity index (χ1) is 8.88. The van der Waals surface area contributed by atoms with Crippen molar-refractivity contribution < 1.29 is 22.0 Å². The van der Waals surface area contributed by atoms with Gasteiger partial charge in [-0.2, -0.15) is 0 Å². The standard InChI is InChI=1S/C11H12F2N2O3S/c1-7-4-8(18-15-7)6-14-19(16,17)9-2-3-10(12)11(13)5-9/h2-3,5,8,14H,4,6H2,1H3/t8-/m0/s1. The Labute approximate surface area is 109 Å². The zero-order valence-electron chi connectivity index (χ0n) is 10.1. The number of rotatable bonds is 4. The van der Waals surface area contributed by atoms with Crippen LogP contribution in [0, 0.1) is 11.6 Å². The van der Waals surface area contributed by atoms with Gasteiger partial charge in [0.2, 0.25) is 10.0 Å². The van der Waals surface area contributed by atoms with Crippen molar-refractivity contribution in [3.63, 3.8) is 0 Å². The summed E-state index contributed by atoms with van der Waals surface area (Å²) >= 11 is 0. The lowest BCUT2D eigenvalue weighted by atomic mass is 10.2. The van der Waals surface area contributed by atoms with Crippen molar-refractivity contribution in [2.75, 3.05) is 6.54 Å². The molecule has 1 N–H and O–H groups in total. The van der Waals surface area contributed by atoms with Crippen molar-refractivity contribution >= 4 is 15.7 Å². The zero-order valence-corrected chi connectivity index (χ0v) is 10.9. The zero-order chi connectivity index (χ0) is 14.0. The van der Waals surface area contributed by atoms with Crippen LogP contribution in [0.4, 0.5) is 8.78 Å². The third-order valence-corrected chi connectivity index (χ3v) is 4.00. The second kappa shape index (κ2) is 5.22. The van der Waals surface area contributed by atoms with Gasteiger partial charge in [0.05, 0.1) is 17.2 Å². The van der Waals surface area contributed by atoms with Crippen LogP contribution in [0.5, 0.6) is 0 Å². The fourth-order valence-corrected chi connectivity index (χ4v) is 2.69. The molecule has 1 aliphatic heterocycles. The topological polar surface area (TPSA) is 67.8 Å². The molecular formula is C11H12F2N2O3S. The normalized spacial score (nSPS) is 19.1. The predicted molar refractivity (Wildman–Crippen MR) is 64.1 cm³/mol. The molecule has 2 rings (SSSR count). The molecule has 1 atom stereocenters. The number of hydrogen-bond donors (Lipinski definition) is 1. The van der Waals surface area contributed by atoms with Gasteiger partial charge in [-0.15, -0.1) is 0 Å². The molecule has 1 aromatic rings. The minimum absolute atomic E-state index is 0.0160. The number of oxime groups is 1. The van der Waals surface area contributed by atoms with E-state index in [1.807, 2.05) is 0 Å². The summed E-state index contributed by atoms with van der Waals surface area (Å²) in [6.45, 7) is 1.78. The summed E-state index contributed by atoms with van der Waals surface area (Å²) in [7, 11) is -3.89. The lowest BCUT2D eigenvalue weighted by molar-refractivity contribution is 0.0891. The molecule has 0 spiro atoms. The average molecular weight is 290 g/mol. The highest BCUT2D eigenvalue weighted by Gasteiger charge is 2.22. The molecule has 0 saturated heterocycles. The third kappa shape index (κ3) is 3.27. The number of hydrogen-bond acceptors (Lipinski definition) is 4. The van der Waals surface area contributed by atoms with Crippen LogP contribution in [-0.4, -0.2) is 26.8 Å². The van der Waals surface area contributed by atoms with Crippen LogP contribution in [0.3, 0.4) is 0 Å². The molecule has 8 heteroatoms. The molecule has 1 aliphatic rings. The summed E-state index contributed by atoms with van der Waals surface area (Å²) in [6.07, 6.45) is 0.153. The average Bonchev–Trinajstić information content (AvgIpc) is 2.76. The smallest absolute Gasteiger partial charge is 0.240 e. The van der Waals surface area contributed by atoms with Gasteiger partial charge in [0.15, 0.2) is 11.6 Å². The van der Waals surface area contributed by atoms with E-state index in [4.69, 9.17) is 4.84 Å². The SMILES string of the molecule is CC1=NO[C@H](CNS(=O)(=O)c2ccc(F)c(F)c2)C1. The molecule has 0 unspecified atom stereocenters. The van der Waals surface area contributed by atoms with E-state index in [0.717, 1.165) is 17.8 Å². The van der Waals surface area contributed by atoms with Gasteiger partial charge in [-0.1, -0.05) is 5.16 Å².